The Labute approximate surface area is 248 Å². The number of carbonyl (C=O) groups is 1. The molecule has 2 aromatic carbocycles. The average molecular weight is 589 g/mol. The highest BCUT2D eigenvalue weighted by molar-refractivity contribution is 5.84. The summed E-state index contributed by atoms with van der Waals surface area (Å²) in [6.07, 6.45) is -3.21. The molecule has 0 bridgehead atoms. The van der Waals surface area contributed by atoms with Crippen LogP contribution in [0.4, 0.5) is 11.8 Å². The predicted octanol–water partition coefficient (Wildman–Crippen LogP) is 0.856. The highest BCUT2D eigenvalue weighted by Crippen LogP contribution is 2.28. The smallest absolute Gasteiger partial charge is 0.254 e. The molecule has 1 unspecified atom stereocenters. The maximum atomic E-state index is 12.3. The van der Waals surface area contributed by atoms with E-state index in [0.717, 1.165) is 30.6 Å². The summed E-state index contributed by atoms with van der Waals surface area (Å²) in [5.74, 6) is 0.396. The zero-order valence-corrected chi connectivity index (χ0v) is 23.8. The molecule has 2 aliphatic heterocycles. The molecular weight excluding hydrogens is 552 g/mol. The van der Waals surface area contributed by atoms with E-state index in [2.05, 4.69) is 55.5 Å². The Morgan fingerprint density at radius 1 is 1.09 bits per heavy atom. The maximum absolute atomic E-state index is 12.3. The molecular formula is C30H36N8O5. The topological polar surface area (TPSA) is 168 Å². The first-order valence-electron chi connectivity index (χ1n) is 14.5. The molecule has 5 atom stereocenters. The second kappa shape index (κ2) is 12.9. The summed E-state index contributed by atoms with van der Waals surface area (Å²) in [7, 11) is 0. The standard InChI is InChI=1S/C30H36N8O5/c1-2-32-28(41)25-23(39)24(40)29(42-25)43-38-17-34-22-26(36-30(37-27(22)38)35-20-13-14-31-15-20)33-16-21(18-9-5-3-6-10-18)19-11-7-4-8-12-19/h3-12,17,20-21,23-25,29,31,39-40H,2,13-16H2,1H3,(H,32,41)(H2,33,35,36,37)/t20?,23-,24+,25-,29-/m0/s1. The summed E-state index contributed by atoms with van der Waals surface area (Å²) in [4.78, 5) is 32.2. The first kappa shape index (κ1) is 28.8. The molecule has 226 valence electrons. The Morgan fingerprint density at radius 2 is 1.81 bits per heavy atom. The van der Waals surface area contributed by atoms with Crippen LogP contribution >= 0.6 is 0 Å². The lowest BCUT2D eigenvalue weighted by Gasteiger charge is -2.20. The monoisotopic (exact) mass is 588 g/mol. The minimum absolute atomic E-state index is 0.0379. The summed E-state index contributed by atoms with van der Waals surface area (Å²) in [6, 6.07) is 20.7. The summed E-state index contributed by atoms with van der Waals surface area (Å²) in [6.45, 7) is 4.32. The van der Waals surface area contributed by atoms with E-state index in [4.69, 9.17) is 14.6 Å². The van der Waals surface area contributed by atoms with E-state index < -0.39 is 30.5 Å². The van der Waals surface area contributed by atoms with Crippen LogP contribution in [0.5, 0.6) is 0 Å². The lowest BCUT2D eigenvalue weighted by Crippen LogP contribution is -2.42. The van der Waals surface area contributed by atoms with Crippen LogP contribution in [-0.2, 0) is 9.53 Å². The van der Waals surface area contributed by atoms with E-state index in [9.17, 15) is 15.0 Å². The van der Waals surface area contributed by atoms with Gasteiger partial charge in [0.15, 0.2) is 17.4 Å². The quantitative estimate of drug-likeness (QED) is 0.147. The Hall–Kier alpha value is -4.30. The summed E-state index contributed by atoms with van der Waals surface area (Å²) in [5.41, 5.74) is 3.09. The van der Waals surface area contributed by atoms with Crippen molar-refractivity contribution in [3.63, 3.8) is 0 Å². The fourth-order valence-electron chi connectivity index (χ4n) is 5.44. The van der Waals surface area contributed by atoms with Crippen LogP contribution in [0.2, 0.25) is 0 Å². The van der Waals surface area contributed by atoms with Gasteiger partial charge in [0.1, 0.15) is 18.5 Å². The van der Waals surface area contributed by atoms with Gasteiger partial charge >= 0.3 is 0 Å². The van der Waals surface area contributed by atoms with Gasteiger partial charge in [-0.25, -0.2) is 4.98 Å². The van der Waals surface area contributed by atoms with Gasteiger partial charge in [0.05, 0.1) is 0 Å². The molecule has 0 aliphatic carbocycles. The van der Waals surface area contributed by atoms with Gasteiger partial charge in [-0.3, -0.25) is 4.79 Å². The number of benzene rings is 2. The second-order valence-corrected chi connectivity index (χ2v) is 10.6. The van der Waals surface area contributed by atoms with Crippen LogP contribution in [0.3, 0.4) is 0 Å². The van der Waals surface area contributed by atoms with E-state index in [1.165, 1.54) is 11.1 Å². The highest BCUT2D eigenvalue weighted by Gasteiger charge is 2.48. The van der Waals surface area contributed by atoms with Gasteiger partial charge in [-0.2, -0.15) is 9.97 Å². The summed E-state index contributed by atoms with van der Waals surface area (Å²) in [5, 5.41) is 33.8. The molecule has 0 radical (unpaired) electrons. The number of likely N-dealkylation sites (N-methyl/N-ethyl adjacent to an activating group) is 1. The summed E-state index contributed by atoms with van der Waals surface area (Å²) >= 11 is 0. The molecule has 6 rings (SSSR count). The minimum Gasteiger partial charge on any atom is -0.387 e. The molecule has 2 fully saturated rings. The number of nitrogens with one attached hydrogen (secondary N) is 4. The van der Waals surface area contributed by atoms with Crippen LogP contribution in [0.15, 0.2) is 67.0 Å². The van der Waals surface area contributed by atoms with E-state index in [1.807, 2.05) is 36.4 Å². The fourth-order valence-corrected chi connectivity index (χ4v) is 5.44. The van der Waals surface area contributed by atoms with Gasteiger partial charge < -0.3 is 41.1 Å². The summed E-state index contributed by atoms with van der Waals surface area (Å²) < 4.78 is 6.87. The van der Waals surface area contributed by atoms with Gasteiger partial charge in [0.25, 0.3) is 12.2 Å². The lowest BCUT2D eigenvalue weighted by atomic mass is 9.91. The van der Waals surface area contributed by atoms with Crippen molar-refractivity contribution in [2.45, 2.75) is 49.9 Å². The molecule has 0 saturated carbocycles. The zero-order chi connectivity index (χ0) is 29.8. The molecule has 1 amide bonds. The van der Waals surface area contributed by atoms with Crippen LogP contribution in [0.1, 0.15) is 30.4 Å². The number of rotatable bonds is 11. The number of imidazole rings is 1. The van der Waals surface area contributed by atoms with E-state index in [0.29, 0.717) is 36.0 Å². The largest absolute Gasteiger partial charge is 0.387 e. The number of aliphatic hydroxyl groups excluding tert-OH is 2. The number of nitrogens with zero attached hydrogens (tertiary/aromatic N) is 4. The Bertz CT molecular complexity index is 1480. The van der Waals surface area contributed by atoms with Gasteiger partial charge in [-0.1, -0.05) is 60.7 Å². The zero-order valence-electron chi connectivity index (χ0n) is 23.8. The number of hydrogen-bond donors (Lipinski definition) is 6. The number of amides is 1. The van der Waals surface area contributed by atoms with E-state index in [1.54, 1.807) is 6.92 Å². The van der Waals surface area contributed by atoms with Crippen molar-refractivity contribution < 1.29 is 24.6 Å². The SMILES string of the molecule is CCNC(=O)[C@H]1O[C@@H](On2cnc3c(NCC(c4ccccc4)c4ccccc4)nc(NC4CCNC4)nc32)[C@H](O)[C@@H]1O. The predicted molar refractivity (Wildman–Crippen MR) is 159 cm³/mol. The minimum atomic E-state index is -1.47. The van der Waals surface area contributed by atoms with Crippen LogP contribution in [-0.4, -0.2) is 92.6 Å². The van der Waals surface area contributed by atoms with Crippen molar-refractivity contribution in [3.05, 3.63) is 78.1 Å². The van der Waals surface area contributed by atoms with E-state index in [-0.39, 0.29) is 12.0 Å². The number of carbonyl (C=O) groups excluding carboxylic acids is 1. The van der Waals surface area contributed by atoms with Crippen molar-refractivity contribution in [1.82, 2.24) is 30.3 Å². The van der Waals surface area contributed by atoms with Gasteiger partial charge in [0, 0.05) is 31.6 Å². The molecule has 6 N–H and O–H groups in total. The van der Waals surface area contributed by atoms with Gasteiger partial charge in [-0.15, -0.1) is 4.73 Å². The molecule has 43 heavy (non-hydrogen) atoms. The number of hydrogen-bond acceptors (Lipinski definition) is 11. The molecule has 2 saturated heterocycles. The molecule has 4 aromatic rings. The number of ether oxygens (including phenoxy) is 1. The number of aromatic nitrogens is 4. The highest BCUT2D eigenvalue weighted by atomic mass is 16.8. The third-order valence-corrected chi connectivity index (χ3v) is 7.68. The second-order valence-electron chi connectivity index (χ2n) is 10.6. The first-order valence-corrected chi connectivity index (χ1v) is 14.5. The van der Waals surface area contributed by atoms with Crippen LogP contribution in [0.25, 0.3) is 11.2 Å². The Kier molecular flexibility index (Phi) is 8.65. The van der Waals surface area contributed by atoms with E-state index >= 15 is 0 Å². The Morgan fingerprint density at radius 3 is 2.47 bits per heavy atom. The normalized spacial score (nSPS) is 23.5. The number of anilines is 2. The van der Waals surface area contributed by atoms with Gasteiger partial charge in [-0.05, 0) is 31.0 Å². The average Bonchev–Trinajstić information content (AvgIpc) is 3.76. The first-order chi connectivity index (χ1) is 21.0. The van der Waals surface area contributed by atoms with Crippen molar-refractivity contribution in [3.8, 4) is 0 Å². The molecule has 4 heterocycles. The molecule has 13 nitrogen and oxygen atoms in total. The molecule has 2 aromatic heterocycles. The van der Waals surface area contributed by atoms with Crippen LogP contribution < -0.4 is 26.1 Å². The van der Waals surface area contributed by atoms with Crippen molar-refractivity contribution in [2.75, 3.05) is 36.8 Å². The lowest BCUT2D eigenvalue weighted by molar-refractivity contribution is -0.171. The van der Waals surface area contributed by atoms with Crippen molar-refractivity contribution in [1.29, 1.82) is 0 Å². The molecule has 0 spiro atoms. The Balaban J connectivity index is 1.30. The van der Waals surface area contributed by atoms with Gasteiger partial charge in [0.2, 0.25) is 11.6 Å². The fraction of sp³-hybridized carbons (Fsp3) is 0.400. The van der Waals surface area contributed by atoms with Crippen LogP contribution in [0, 0.1) is 0 Å². The number of aliphatic hydroxyl groups is 2. The number of fused-ring (bicyclic) bond motifs is 1. The third-order valence-electron chi connectivity index (χ3n) is 7.68. The molecule has 13 heteroatoms. The van der Waals surface area contributed by atoms with Crippen molar-refractivity contribution >= 4 is 28.8 Å². The maximum Gasteiger partial charge on any atom is 0.254 e. The third kappa shape index (κ3) is 6.25. The molecule has 2 aliphatic rings. The van der Waals surface area contributed by atoms with Crippen molar-refractivity contribution in [2.24, 2.45) is 0 Å².